The summed E-state index contributed by atoms with van der Waals surface area (Å²) in [5.41, 5.74) is 1.84. The van der Waals surface area contributed by atoms with E-state index in [1.807, 2.05) is 18.5 Å². The highest BCUT2D eigenvalue weighted by Gasteiger charge is 2.25. The van der Waals surface area contributed by atoms with E-state index in [4.69, 9.17) is 9.72 Å². The predicted octanol–water partition coefficient (Wildman–Crippen LogP) is 3.91. The molecule has 0 amide bonds. The molecule has 142 valence electrons. The van der Waals surface area contributed by atoms with Crippen molar-refractivity contribution in [2.24, 2.45) is 0 Å². The molecule has 0 unspecified atom stereocenters. The van der Waals surface area contributed by atoms with Gasteiger partial charge in [-0.05, 0) is 43.5 Å². The molecule has 0 spiro atoms. The maximum absolute atomic E-state index is 13.7. The molecule has 1 aliphatic heterocycles. The number of aryl methyl sites for hydroxylation is 1. The van der Waals surface area contributed by atoms with Crippen LogP contribution in [0.25, 0.3) is 10.9 Å². The van der Waals surface area contributed by atoms with Gasteiger partial charge in [0.2, 0.25) is 0 Å². The average molecular weight is 368 g/mol. The molecule has 27 heavy (non-hydrogen) atoms. The molecule has 3 heterocycles. The number of hydrogen-bond acceptors (Lipinski definition) is 4. The van der Waals surface area contributed by atoms with E-state index in [2.05, 4.69) is 27.4 Å². The van der Waals surface area contributed by atoms with Crippen molar-refractivity contribution in [2.75, 3.05) is 31.7 Å². The van der Waals surface area contributed by atoms with Crippen LogP contribution in [0.1, 0.15) is 30.1 Å². The van der Waals surface area contributed by atoms with Crippen LogP contribution in [0.15, 0.2) is 36.7 Å². The minimum Gasteiger partial charge on any atom is -0.383 e. The Kier molecular flexibility index (Phi) is 5.07. The van der Waals surface area contributed by atoms with E-state index >= 15 is 0 Å². The SMILES string of the molecule is COCCn1ccnc1[C@H]1CCCN(c2cc(C)c3ccc(F)cc3n2)C1. The van der Waals surface area contributed by atoms with Crippen molar-refractivity contribution >= 4 is 16.7 Å². The van der Waals surface area contributed by atoms with Crippen LogP contribution in [0, 0.1) is 12.7 Å². The Morgan fingerprint density at radius 3 is 3.04 bits per heavy atom. The first-order chi connectivity index (χ1) is 13.2. The van der Waals surface area contributed by atoms with Gasteiger partial charge in [0.05, 0.1) is 12.1 Å². The number of piperidine rings is 1. The third-order valence-electron chi connectivity index (χ3n) is 5.36. The van der Waals surface area contributed by atoms with Gasteiger partial charge in [-0.15, -0.1) is 0 Å². The van der Waals surface area contributed by atoms with Gasteiger partial charge in [-0.25, -0.2) is 14.4 Å². The van der Waals surface area contributed by atoms with Gasteiger partial charge in [-0.3, -0.25) is 0 Å². The molecule has 1 aliphatic rings. The van der Waals surface area contributed by atoms with E-state index in [9.17, 15) is 4.39 Å². The number of halogens is 1. The molecule has 5 nitrogen and oxygen atoms in total. The second-order valence-electron chi connectivity index (χ2n) is 7.22. The molecule has 1 saturated heterocycles. The van der Waals surface area contributed by atoms with Crippen molar-refractivity contribution < 1.29 is 9.13 Å². The minimum atomic E-state index is -0.247. The van der Waals surface area contributed by atoms with Gasteiger partial charge >= 0.3 is 0 Å². The zero-order valence-corrected chi connectivity index (χ0v) is 15.9. The number of rotatable bonds is 5. The summed E-state index contributed by atoms with van der Waals surface area (Å²) in [5, 5.41) is 1.00. The molecule has 4 rings (SSSR count). The fraction of sp³-hybridized carbons (Fsp3) is 0.429. The second-order valence-corrected chi connectivity index (χ2v) is 7.22. The Bertz CT molecular complexity index is 939. The number of fused-ring (bicyclic) bond motifs is 1. The summed E-state index contributed by atoms with van der Waals surface area (Å²) >= 11 is 0. The van der Waals surface area contributed by atoms with Gasteiger partial charge in [0.25, 0.3) is 0 Å². The quantitative estimate of drug-likeness (QED) is 0.685. The second kappa shape index (κ2) is 7.64. The maximum atomic E-state index is 13.7. The van der Waals surface area contributed by atoms with Gasteiger partial charge in [0, 0.05) is 56.5 Å². The molecule has 2 aromatic heterocycles. The fourth-order valence-electron chi connectivity index (χ4n) is 3.98. The average Bonchev–Trinajstić information content (AvgIpc) is 3.14. The normalized spacial score (nSPS) is 17.6. The summed E-state index contributed by atoms with van der Waals surface area (Å²) in [6.45, 7) is 5.38. The van der Waals surface area contributed by atoms with Crippen LogP contribution in [0.3, 0.4) is 0 Å². The van der Waals surface area contributed by atoms with Crippen LogP contribution < -0.4 is 4.90 Å². The van der Waals surface area contributed by atoms with Gasteiger partial charge < -0.3 is 14.2 Å². The van der Waals surface area contributed by atoms with Gasteiger partial charge in [-0.2, -0.15) is 0 Å². The molecular formula is C21H25FN4O. The third kappa shape index (κ3) is 3.67. The fourth-order valence-corrected chi connectivity index (χ4v) is 3.98. The monoisotopic (exact) mass is 368 g/mol. The predicted molar refractivity (Wildman–Crippen MR) is 105 cm³/mol. The molecule has 0 bridgehead atoms. The minimum absolute atomic E-state index is 0.247. The van der Waals surface area contributed by atoms with Crippen molar-refractivity contribution in [3.63, 3.8) is 0 Å². The van der Waals surface area contributed by atoms with Crippen LogP contribution >= 0.6 is 0 Å². The lowest BCUT2D eigenvalue weighted by molar-refractivity contribution is 0.185. The van der Waals surface area contributed by atoms with E-state index in [1.54, 1.807) is 7.11 Å². The van der Waals surface area contributed by atoms with Crippen LogP contribution in [0.2, 0.25) is 0 Å². The van der Waals surface area contributed by atoms with E-state index in [0.29, 0.717) is 18.0 Å². The number of pyridine rings is 1. The number of nitrogens with zero attached hydrogens (tertiary/aromatic N) is 4. The Balaban J connectivity index is 1.60. The van der Waals surface area contributed by atoms with Crippen LogP contribution in [0.4, 0.5) is 10.2 Å². The lowest BCUT2D eigenvalue weighted by atomic mass is 9.97. The van der Waals surface area contributed by atoms with Gasteiger partial charge in [0.15, 0.2) is 0 Å². The summed E-state index contributed by atoms with van der Waals surface area (Å²) in [4.78, 5) is 11.7. The highest BCUT2D eigenvalue weighted by molar-refractivity contribution is 5.84. The lowest BCUT2D eigenvalue weighted by Crippen LogP contribution is -2.36. The van der Waals surface area contributed by atoms with Crippen molar-refractivity contribution in [3.8, 4) is 0 Å². The molecule has 0 saturated carbocycles. The van der Waals surface area contributed by atoms with E-state index in [1.165, 1.54) is 12.1 Å². The molecular weight excluding hydrogens is 343 g/mol. The molecule has 1 aromatic carbocycles. The Hall–Kier alpha value is -2.47. The summed E-state index contributed by atoms with van der Waals surface area (Å²) in [6, 6.07) is 6.93. The zero-order chi connectivity index (χ0) is 18.8. The molecule has 1 fully saturated rings. The van der Waals surface area contributed by atoms with Crippen molar-refractivity contribution in [1.29, 1.82) is 0 Å². The number of hydrogen-bond donors (Lipinski definition) is 0. The van der Waals surface area contributed by atoms with Crippen LogP contribution in [-0.4, -0.2) is 41.3 Å². The van der Waals surface area contributed by atoms with E-state index < -0.39 is 0 Å². The standard InChI is InChI=1S/C21H25FN4O/c1-15-12-20(24-19-13-17(22)5-6-18(15)19)26-8-3-4-16(14-26)21-23-7-9-25(21)10-11-27-2/h5-7,9,12-13,16H,3-4,8,10-11,14H2,1-2H3/t16-/m0/s1. The van der Waals surface area contributed by atoms with Crippen molar-refractivity contribution in [1.82, 2.24) is 14.5 Å². The molecule has 3 aromatic rings. The lowest BCUT2D eigenvalue weighted by Gasteiger charge is -2.34. The Morgan fingerprint density at radius 1 is 1.30 bits per heavy atom. The first-order valence-corrected chi connectivity index (χ1v) is 9.47. The Morgan fingerprint density at radius 2 is 2.19 bits per heavy atom. The number of ether oxygens (including phenoxy) is 1. The number of anilines is 1. The first kappa shape index (κ1) is 17.9. The summed E-state index contributed by atoms with van der Waals surface area (Å²) < 4.78 is 21.1. The summed E-state index contributed by atoms with van der Waals surface area (Å²) in [6.07, 6.45) is 6.09. The number of methoxy groups -OCH3 is 1. The molecule has 0 aliphatic carbocycles. The smallest absolute Gasteiger partial charge is 0.129 e. The number of benzene rings is 1. The zero-order valence-electron chi connectivity index (χ0n) is 15.9. The van der Waals surface area contributed by atoms with Crippen LogP contribution in [0.5, 0.6) is 0 Å². The first-order valence-electron chi connectivity index (χ1n) is 9.47. The van der Waals surface area contributed by atoms with Crippen molar-refractivity contribution in [2.45, 2.75) is 32.2 Å². The van der Waals surface area contributed by atoms with Crippen molar-refractivity contribution in [3.05, 3.63) is 53.9 Å². The topological polar surface area (TPSA) is 43.2 Å². The van der Waals surface area contributed by atoms with Crippen LogP contribution in [-0.2, 0) is 11.3 Å². The number of imidazole rings is 1. The third-order valence-corrected chi connectivity index (χ3v) is 5.36. The Labute approximate surface area is 158 Å². The molecule has 0 radical (unpaired) electrons. The molecule has 1 atom stereocenters. The maximum Gasteiger partial charge on any atom is 0.129 e. The molecule has 6 heteroatoms. The largest absolute Gasteiger partial charge is 0.383 e. The van der Waals surface area contributed by atoms with E-state index in [-0.39, 0.29) is 5.82 Å². The highest BCUT2D eigenvalue weighted by atomic mass is 19.1. The van der Waals surface area contributed by atoms with Gasteiger partial charge in [0.1, 0.15) is 17.5 Å². The number of aromatic nitrogens is 3. The summed E-state index contributed by atoms with van der Waals surface area (Å²) in [5.74, 6) is 2.14. The summed E-state index contributed by atoms with van der Waals surface area (Å²) in [7, 11) is 1.72. The van der Waals surface area contributed by atoms with Gasteiger partial charge in [-0.1, -0.05) is 0 Å². The highest BCUT2D eigenvalue weighted by Crippen LogP contribution is 2.30. The molecule has 0 N–H and O–H groups in total. The van der Waals surface area contributed by atoms with E-state index in [0.717, 1.165) is 55.1 Å².